The SMILES string of the molecule is C#CCN1CC[C@]23c4c5ccc(O)c4O[C@H]2[C@@]2(OC)CC[C@@]3(C[C@@H]2[C@](C)(O)C(C)(C)C)[C@H]1C5. The lowest BCUT2D eigenvalue weighted by molar-refractivity contribution is -0.312. The normalized spacial score (nSPS) is 42.3. The number of hydrogen-bond donors (Lipinski definition) is 2. The fourth-order valence-electron chi connectivity index (χ4n) is 9.04. The third-order valence-electron chi connectivity index (χ3n) is 11.0. The van der Waals surface area contributed by atoms with Crippen LogP contribution >= 0.6 is 0 Å². The minimum absolute atomic E-state index is 0.0704. The zero-order valence-corrected chi connectivity index (χ0v) is 20.6. The summed E-state index contributed by atoms with van der Waals surface area (Å²) in [5.41, 5.74) is 0.314. The van der Waals surface area contributed by atoms with Crippen molar-refractivity contribution < 1.29 is 19.7 Å². The first kappa shape index (κ1) is 21.8. The van der Waals surface area contributed by atoms with Crippen molar-refractivity contribution in [2.45, 2.75) is 88.6 Å². The van der Waals surface area contributed by atoms with Gasteiger partial charge in [-0.15, -0.1) is 6.42 Å². The van der Waals surface area contributed by atoms with Crippen molar-refractivity contribution >= 4 is 0 Å². The molecule has 4 fully saturated rings. The monoisotopic (exact) mass is 451 g/mol. The topological polar surface area (TPSA) is 62.2 Å². The Morgan fingerprint density at radius 3 is 2.67 bits per heavy atom. The average molecular weight is 452 g/mol. The summed E-state index contributed by atoms with van der Waals surface area (Å²) in [5.74, 6) is 3.70. The van der Waals surface area contributed by atoms with Crippen LogP contribution < -0.4 is 4.74 Å². The maximum Gasteiger partial charge on any atom is 0.165 e. The van der Waals surface area contributed by atoms with Crippen molar-refractivity contribution in [3.05, 3.63) is 23.3 Å². The minimum atomic E-state index is -0.955. The van der Waals surface area contributed by atoms with E-state index in [0.29, 0.717) is 18.3 Å². The van der Waals surface area contributed by atoms with Crippen LogP contribution in [0.1, 0.15) is 64.5 Å². The van der Waals surface area contributed by atoms with Crippen LogP contribution in [0.2, 0.25) is 0 Å². The Balaban J connectivity index is 1.64. The summed E-state index contributed by atoms with van der Waals surface area (Å²) in [7, 11) is 1.79. The number of likely N-dealkylation sites (tertiary alicyclic amines) is 1. The predicted octanol–water partition coefficient (Wildman–Crippen LogP) is 3.64. The molecule has 6 aliphatic rings. The number of rotatable bonds is 3. The molecular weight excluding hydrogens is 414 g/mol. The summed E-state index contributed by atoms with van der Waals surface area (Å²) in [6, 6.07) is 4.17. The molecule has 1 saturated heterocycles. The Morgan fingerprint density at radius 1 is 1.24 bits per heavy atom. The van der Waals surface area contributed by atoms with Crippen molar-refractivity contribution in [3.8, 4) is 23.8 Å². The minimum Gasteiger partial charge on any atom is -0.504 e. The van der Waals surface area contributed by atoms with E-state index in [-0.39, 0.29) is 34.0 Å². The second-order valence-corrected chi connectivity index (χ2v) is 12.5. The van der Waals surface area contributed by atoms with E-state index < -0.39 is 11.2 Å². The van der Waals surface area contributed by atoms with Gasteiger partial charge >= 0.3 is 0 Å². The van der Waals surface area contributed by atoms with Gasteiger partial charge in [0.1, 0.15) is 11.7 Å². The molecule has 1 aromatic carbocycles. The number of phenols is 1. The highest BCUT2D eigenvalue weighted by atomic mass is 16.6. The van der Waals surface area contributed by atoms with Gasteiger partial charge in [0.25, 0.3) is 0 Å². The Morgan fingerprint density at radius 2 is 2.00 bits per heavy atom. The number of piperidine rings is 1. The predicted molar refractivity (Wildman–Crippen MR) is 126 cm³/mol. The van der Waals surface area contributed by atoms with Crippen molar-refractivity contribution in [2.24, 2.45) is 16.7 Å². The maximum absolute atomic E-state index is 12.1. The molecular formula is C28H37NO4. The second kappa shape index (κ2) is 6.27. The van der Waals surface area contributed by atoms with Crippen LogP contribution in [0.25, 0.3) is 0 Å². The molecule has 178 valence electrons. The largest absolute Gasteiger partial charge is 0.504 e. The van der Waals surface area contributed by atoms with E-state index >= 15 is 0 Å². The smallest absolute Gasteiger partial charge is 0.165 e. The lowest BCUT2D eigenvalue weighted by Gasteiger charge is -2.75. The van der Waals surface area contributed by atoms with Gasteiger partial charge in [-0.05, 0) is 56.1 Å². The number of phenolic OH excluding ortho intramolecular Hbond substituents is 1. The summed E-state index contributed by atoms with van der Waals surface area (Å²) < 4.78 is 13.3. The Hall–Kier alpha value is -1.74. The van der Waals surface area contributed by atoms with E-state index in [4.69, 9.17) is 15.9 Å². The molecule has 3 saturated carbocycles. The molecule has 5 nitrogen and oxygen atoms in total. The summed E-state index contributed by atoms with van der Waals surface area (Å²) >= 11 is 0. The second-order valence-electron chi connectivity index (χ2n) is 12.5. The highest BCUT2D eigenvalue weighted by Gasteiger charge is 2.82. The van der Waals surface area contributed by atoms with Gasteiger partial charge in [-0.3, -0.25) is 4.90 Å². The van der Waals surface area contributed by atoms with Gasteiger partial charge in [0, 0.05) is 42.0 Å². The average Bonchev–Trinajstić information content (AvgIpc) is 3.13. The fraction of sp³-hybridized carbons (Fsp3) is 0.714. The van der Waals surface area contributed by atoms with Crippen molar-refractivity contribution in [3.63, 3.8) is 0 Å². The van der Waals surface area contributed by atoms with Crippen LogP contribution in [0.15, 0.2) is 12.1 Å². The molecule has 4 bridgehead atoms. The van der Waals surface area contributed by atoms with Crippen LogP contribution in [-0.2, 0) is 16.6 Å². The first-order valence-electron chi connectivity index (χ1n) is 12.5. The van der Waals surface area contributed by atoms with Gasteiger partial charge in [-0.25, -0.2) is 0 Å². The Kier molecular flexibility index (Phi) is 4.14. The van der Waals surface area contributed by atoms with Crippen molar-refractivity contribution in [2.75, 3.05) is 20.2 Å². The molecule has 2 aliphatic heterocycles. The highest BCUT2D eigenvalue weighted by molar-refractivity contribution is 5.63. The summed E-state index contributed by atoms with van der Waals surface area (Å²) in [5, 5.41) is 23.0. The number of methoxy groups -OCH3 is 1. The summed E-state index contributed by atoms with van der Waals surface area (Å²) in [6.45, 7) is 9.91. The number of fused-ring (bicyclic) bond motifs is 2. The zero-order chi connectivity index (χ0) is 23.6. The molecule has 0 aromatic heterocycles. The molecule has 0 radical (unpaired) electrons. The molecule has 7 atom stereocenters. The summed E-state index contributed by atoms with van der Waals surface area (Å²) in [4.78, 5) is 2.50. The van der Waals surface area contributed by atoms with Gasteiger partial charge in [0.2, 0.25) is 0 Å². The van der Waals surface area contributed by atoms with Crippen molar-refractivity contribution in [1.82, 2.24) is 4.90 Å². The maximum atomic E-state index is 12.1. The van der Waals surface area contributed by atoms with Gasteiger partial charge in [0.15, 0.2) is 11.5 Å². The molecule has 0 unspecified atom stereocenters. The fourth-order valence-corrected chi connectivity index (χ4v) is 9.04. The molecule has 2 N–H and O–H groups in total. The van der Waals surface area contributed by atoms with E-state index in [1.807, 2.05) is 6.92 Å². The van der Waals surface area contributed by atoms with E-state index in [1.165, 1.54) is 11.1 Å². The first-order chi connectivity index (χ1) is 15.5. The number of aliphatic hydroxyl groups is 1. The molecule has 2 spiro atoms. The van der Waals surface area contributed by atoms with Gasteiger partial charge < -0.3 is 19.7 Å². The van der Waals surface area contributed by atoms with Gasteiger partial charge in [-0.2, -0.15) is 0 Å². The third-order valence-corrected chi connectivity index (χ3v) is 11.0. The number of ether oxygens (including phenoxy) is 2. The Bertz CT molecular complexity index is 1070. The van der Waals surface area contributed by atoms with Crippen LogP contribution in [0.4, 0.5) is 0 Å². The quantitative estimate of drug-likeness (QED) is 0.687. The van der Waals surface area contributed by atoms with Crippen LogP contribution in [0.5, 0.6) is 11.5 Å². The Labute approximate surface area is 197 Å². The van der Waals surface area contributed by atoms with Crippen LogP contribution in [-0.4, -0.2) is 58.7 Å². The van der Waals surface area contributed by atoms with Gasteiger partial charge in [-0.1, -0.05) is 32.8 Å². The lowest BCUT2D eigenvalue weighted by atomic mass is 9.33. The standard InChI is InChI=1S/C28H37NO4/c1-7-13-29-14-12-27-21-17-8-9-18(30)22(21)33-23(27)28(32-6)11-10-26(27,20(29)15-17)16-19(28)25(5,31)24(2,3)4/h1,8-9,19-20,23,30-31H,10-16H2,2-6H3/t19-,20-,23-,25+,26-,27+,28-/m1/s1. The zero-order valence-electron chi connectivity index (χ0n) is 20.6. The molecule has 7 rings (SSSR count). The summed E-state index contributed by atoms with van der Waals surface area (Å²) in [6.07, 6.45) is 10.2. The molecule has 5 heteroatoms. The highest BCUT2D eigenvalue weighted by Crippen LogP contribution is 2.77. The van der Waals surface area contributed by atoms with Crippen molar-refractivity contribution in [1.29, 1.82) is 0 Å². The first-order valence-corrected chi connectivity index (χ1v) is 12.5. The lowest BCUT2D eigenvalue weighted by Crippen LogP contribution is -2.83. The van der Waals surface area contributed by atoms with Crippen LogP contribution in [0, 0.1) is 29.1 Å². The number of benzene rings is 1. The molecule has 33 heavy (non-hydrogen) atoms. The molecule has 4 aliphatic carbocycles. The third kappa shape index (κ3) is 2.18. The van der Waals surface area contributed by atoms with E-state index in [0.717, 1.165) is 38.6 Å². The number of aromatic hydroxyl groups is 1. The molecule has 2 heterocycles. The number of nitrogens with zero attached hydrogens (tertiary/aromatic N) is 1. The van der Waals surface area contributed by atoms with E-state index in [9.17, 15) is 10.2 Å². The van der Waals surface area contributed by atoms with E-state index in [1.54, 1.807) is 13.2 Å². The number of terminal acetylenes is 1. The molecule has 0 amide bonds. The molecule has 1 aromatic rings. The number of hydrogen-bond acceptors (Lipinski definition) is 5. The van der Waals surface area contributed by atoms with E-state index in [2.05, 4.69) is 37.7 Å². The van der Waals surface area contributed by atoms with Crippen LogP contribution in [0.3, 0.4) is 0 Å². The van der Waals surface area contributed by atoms with Gasteiger partial charge in [0.05, 0.1) is 12.1 Å².